The van der Waals surface area contributed by atoms with Gasteiger partial charge in [-0.05, 0) is 24.5 Å². The number of rotatable bonds is 9. The fourth-order valence-electron chi connectivity index (χ4n) is 4.98. The first kappa shape index (κ1) is 25.5. The number of carbonyl (C=O) groups excluding carboxylic acids is 1. The van der Waals surface area contributed by atoms with Crippen LogP contribution >= 0.6 is 0 Å². The van der Waals surface area contributed by atoms with Crippen LogP contribution < -0.4 is 15.0 Å². The van der Waals surface area contributed by atoms with Crippen molar-refractivity contribution < 1.29 is 14.5 Å². The van der Waals surface area contributed by atoms with Crippen LogP contribution in [-0.2, 0) is 17.9 Å². The molecule has 4 aromatic rings. The minimum absolute atomic E-state index is 0.0472. The van der Waals surface area contributed by atoms with Gasteiger partial charge in [-0.1, -0.05) is 30.3 Å². The Morgan fingerprint density at radius 1 is 1.07 bits per heavy atom. The summed E-state index contributed by atoms with van der Waals surface area (Å²) in [6.45, 7) is 3.50. The number of nitrogens with zero attached hydrogens (tertiary/aromatic N) is 7. The van der Waals surface area contributed by atoms with Gasteiger partial charge in [0.05, 0.1) is 24.9 Å². The first-order valence-electron chi connectivity index (χ1n) is 13.4. The molecular weight excluding hydrogens is 512 g/mol. The number of carbonyl (C=O) groups is 1. The van der Waals surface area contributed by atoms with Gasteiger partial charge >= 0.3 is 0 Å². The number of nitro benzene ring substituents is 1. The van der Waals surface area contributed by atoms with Gasteiger partial charge < -0.3 is 24.4 Å². The summed E-state index contributed by atoms with van der Waals surface area (Å²) in [6, 6.07) is 14.3. The van der Waals surface area contributed by atoms with Crippen LogP contribution in [0.2, 0.25) is 0 Å². The van der Waals surface area contributed by atoms with E-state index >= 15 is 0 Å². The molecule has 1 saturated carbocycles. The van der Waals surface area contributed by atoms with Crippen molar-refractivity contribution in [3.05, 3.63) is 76.1 Å². The summed E-state index contributed by atoms with van der Waals surface area (Å²) in [7, 11) is 1.65. The second-order valence-corrected chi connectivity index (χ2v) is 10.1. The van der Waals surface area contributed by atoms with Crippen molar-refractivity contribution in [3.63, 3.8) is 0 Å². The molecule has 2 aromatic heterocycles. The molecule has 0 atom stereocenters. The van der Waals surface area contributed by atoms with Crippen molar-refractivity contribution >= 4 is 34.5 Å². The molecule has 1 N–H and O–H groups in total. The number of hydrogen-bond acceptors (Lipinski definition) is 9. The Hall–Kier alpha value is -4.74. The largest absolute Gasteiger partial charge is 0.496 e. The third-order valence-corrected chi connectivity index (χ3v) is 7.39. The molecule has 0 unspecified atom stereocenters. The van der Waals surface area contributed by atoms with Crippen LogP contribution in [0.15, 0.2) is 54.9 Å². The summed E-state index contributed by atoms with van der Waals surface area (Å²) in [6.07, 6.45) is 3.71. The van der Waals surface area contributed by atoms with E-state index in [0.29, 0.717) is 62.2 Å². The first-order valence-corrected chi connectivity index (χ1v) is 13.4. The van der Waals surface area contributed by atoms with Gasteiger partial charge in [-0.2, -0.15) is 9.97 Å². The van der Waals surface area contributed by atoms with Crippen molar-refractivity contribution in [1.29, 1.82) is 0 Å². The highest BCUT2D eigenvalue weighted by Crippen LogP contribution is 2.32. The highest BCUT2D eigenvalue weighted by atomic mass is 16.6. The molecule has 0 bridgehead atoms. The van der Waals surface area contributed by atoms with Gasteiger partial charge in [0.25, 0.3) is 5.69 Å². The summed E-state index contributed by atoms with van der Waals surface area (Å²) in [4.78, 5) is 41.7. The SMILES string of the molecule is COc1ccccc1CNc1nc(N2CCN(C(=O)C3CC3)CC2)nc2c1ncn2Cc1ccc([N+](=O)[O-])cc1. The molecule has 1 saturated heterocycles. The van der Waals surface area contributed by atoms with Crippen molar-refractivity contribution in [2.24, 2.45) is 5.92 Å². The van der Waals surface area contributed by atoms with E-state index in [2.05, 4.69) is 15.2 Å². The Morgan fingerprint density at radius 2 is 1.82 bits per heavy atom. The Morgan fingerprint density at radius 3 is 2.52 bits per heavy atom. The van der Waals surface area contributed by atoms with Crippen molar-refractivity contribution in [2.45, 2.75) is 25.9 Å². The number of hydrogen-bond donors (Lipinski definition) is 1. The van der Waals surface area contributed by atoms with Crippen LogP contribution in [0.3, 0.4) is 0 Å². The predicted octanol–water partition coefficient (Wildman–Crippen LogP) is 3.46. The van der Waals surface area contributed by atoms with E-state index in [4.69, 9.17) is 14.7 Å². The maximum absolute atomic E-state index is 12.6. The molecule has 0 radical (unpaired) electrons. The molecule has 0 spiro atoms. The van der Waals surface area contributed by atoms with Crippen LogP contribution in [0.4, 0.5) is 17.5 Å². The normalized spacial score (nSPS) is 15.3. The van der Waals surface area contributed by atoms with E-state index in [-0.39, 0.29) is 17.5 Å². The number of nitro groups is 1. The number of para-hydroxylation sites is 1. The minimum atomic E-state index is -0.409. The second-order valence-electron chi connectivity index (χ2n) is 10.1. The molecule has 2 aromatic carbocycles. The smallest absolute Gasteiger partial charge is 0.269 e. The Labute approximate surface area is 230 Å². The molecule has 6 rings (SSSR count). The van der Waals surface area contributed by atoms with Gasteiger partial charge in [0.1, 0.15) is 5.75 Å². The van der Waals surface area contributed by atoms with E-state index in [9.17, 15) is 14.9 Å². The Bertz CT molecular complexity index is 1540. The van der Waals surface area contributed by atoms with Gasteiger partial charge in [-0.15, -0.1) is 0 Å². The summed E-state index contributed by atoms with van der Waals surface area (Å²) < 4.78 is 7.43. The number of fused-ring (bicyclic) bond motifs is 1. The van der Waals surface area contributed by atoms with Gasteiger partial charge in [-0.3, -0.25) is 14.9 Å². The molecule has 2 aliphatic rings. The number of non-ortho nitro benzene ring substituents is 1. The monoisotopic (exact) mass is 542 g/mol. The summed E-state index contributed by atoms with van der Waals surface area (Å²) in [5.41, 5.74) is 3.20. The Kier molecular flexibility index (Phi) is 6.89. The maximum Gasteiger partial charge on any atom is 0.269 e. The lowest BCUT2D eigenvalue weighted by molar-refractivity contribution is -0.384. The van der Waals surface area contributed by atoms with Crippen molar-refractivity contribution in [1.82, 2.24) is 24.4 Å². The van der Waals surface area contributed by atoms with Crippen LogP contribution in [-0.4, -0.2) is 68.5 Å². The number of aromatic nitrogens is 4. The van der Waals surface area contributed by atoms with Crippen LogP contribution in [0.1, 0.15) is 24.0 Å². The lowest BCUT2D eigenvalue weighted by Crippen LogP contribution is -2.49. The average Bonchev–Trinajstić information content (AvgIpc) is 3.77. The molecule has 206 valence electrons. The summed E-state index contributed by atoms with van der Waals surface area (Å²) in [5.74, 6) is 2.42. The molecule has 1 aliphatic carbocycles. The number of ether oxygens (including phenoxy) is 1. The number of imidazole rings is 1. The zero-order valence-electron chi connectivity index (χ0n) is 22.2. The zero-order valence-corrected chi connectivity index (χ0v) is 22.2. The van der Waals surface area contributed by atoms with Crippen molar-refractivity contribution in [3.8, 4) is 5.75 Å². The molecule has 40 heavy (non-hydrogen) atoms. The predicted molar refractivity (Wildman–Crippen MR) is 149 cm³/mol. The number of amides is 1. The standard InChI is InChI=1S/C28H30N8O4/c1-40-23-5-3-2-4-21(23)16-29-25-24-26(35(18-30-24)17-19-6-10-22(11-7-19)36(38)39)32-28(31-25)34-14-12-33(13-15-34)27(37)20-8-9-20/h2-7,10-11,18,20H,8-9,12-17H2,1H3,(H,29,31,32). The highest BCUT2D eigenvalue weighted by Gasteiger charge is 2.35. The highest BCUT2D eigenvalue weighted by molar-refractivity contribution is 5.85. The lowest BCUT2D eigenvalue weighted by atomic mass is 10.2. The number of methoxy groups -OCH3 is 1. The molecule has 12 nitrogen and oxygen atoms in total. The van der Waals surface area contributed by atoms with Crippen LogP contribution in [0.5, 0.6) is 5.75 Å². The number of piperazine rings is 1. The summed E-state index contributed by atoms with van der Waals surface area (Å²) in [5, 5.41) is 14.5. The van der Waals surface area contributed by atoms with E-state index in [1.807, 2.05) is 33.7 Å². The third-order valence-electron chi connectivity index (χ3n) is 7.39. The minimum Gasteiger partial charge on any atom is -0.496 e. The molecule has 1 aliphatic heterocycles. The number of benzene rings is 2. The van der Waals surface area contributed by atoms with Gasteiger partial charge in [-0.25, -0.2) is 4.98 Å². The lowest BCUT2D eigenvalue weighted by Gasteiger charge is -2.35. The number of nitrogens with one attached hydrogen (secondary N) is 1. The molecule has 12 heteroatoms. The van der Waals surface area contributed by atoms with Crippen LogP contribution in [0, 0.1) is 16.0 Å². The average molecular weight is 543 g/mol. The second kappa shape index (κ2) is 10.8. The summed E-state index contributed by atoms with van der Waals surface area (Å²) >= 11 is 0. The van der Waals surface area contributed by atoms with Crippen LogP contribution in [0.25, 0.3) is 11.2 Å². The van der Waals surface area contributed by atoms with Crippen molar-refractivity contribution in [2.75, 3.05) is 43.5 Å². The van der Waals surface area contributed by atoms with E-state index < -0.39 is 4.92 Å². The first-order chi connectivity index (χ1) is 19.5. The van der Waals surface area contributed by atoms with Gasteiger partial charge in [0.2, 0.25) is 11.9 Å². The zero-order chi connectivity index (χ0) is 27.6. The van der Waals surface area contributed by atoms with Gasteiger partial charge in [0, 0.05) is 56.3 Å². The molecule has 1 amide bonds. The quantitative estimate of drug-likeness (QED) is 0.249. The molecular formula is C28H30N8O4. The third kappa shape index (κ3) is 5.24. The fourth-order valence-corrected chi connectivity index (χ4v) is 4.98. The molecule has 3 heterocycles. The molecule has 2 fully saturated rings. The fraction of sp³-hybridized carbons (Fsp3) is 0.357. The Balaban J connectivity index is 1.30. The van der Waals surface area contributed by atoms with Gasteiger partial charge in [0.15, 0.2) is 17.0 Å². The van der Waals surface area contributed by atoms with E-state index in [1.165, 1.54) is 12.1 Å². The topological polar surface area (TPSA) is 132 Å². The van der Waals surface area contributed by atoms with E-state index in [1.54, 1.807) is 25.6 Å². The number of anilines is 2. The maximum atomic E-state index is 12.6. The van der Waals surface area contributed by atoms with E-state index in [0.717, 1.165) is 29.7 Å².